The number of hydrogen-bond acceptors (Lipinski definition) is 2. The number of anilines is 1. The van der Waals surface area contributed by atoms with E-state index in [9.17, 15) is 0 Å². The van der Waals surface area contributed by atoms with Gasteiger partial charge in [-0.2, -0.15) is 0 Å². The molecule has 1 N–H and O–H groups in total. The van der Waals surface area contributed by atoms with E-state index in [-0.39, 0.29) is 0 Å². The van der Waals surface area contributed by atoms with E-state index in [2.05, 4.69) is 65.1 Å². The van der Waals surface area contributed by atoms with Crippen LogP contribution in [0, 0.1) is 11.3 Å². The van der Waals surface area contributed by atoms with Gasteiger partial charge < -0.3 is 10.2 Å². The predicted octanol–water partition coefficient (Wildman–Crippen LogP) is 4.57. The molecule has 1 unspecified atom stereocenters. The average Bonchev–Trinajstić information content (AvgIpc) is 3.10. The second-order valence-electron chi connectivity index (χ2n) is 7.74. The fraction of sp³-hybridized carbons (Fsp3) is 0.667. The fourth-order valence-electron chi connectivity index (χ4n) is 3.15. The molecule has 2 aliphatic rings. The van der Waals surface area contributed by atoms with Crippen LogP contribution in [0.1, 0.15) is 45.6 Å². The molecule has 1 aromatic carbocycles. The van der Waals surface area contributed by atoms with Crippen LogP contribution in [0.5, 0.6) is 0 Å². The summed E-state index contributed by atoms with van der Waals surface area (Å²) in [6, 6.07) is 7.63. The smallest absolute Gasteiger partial charge is 0.0510 e. The normalized spacial score (nSPS) is 22.9. The first kappa shape index (κ1) is 15.4. The van der Waals surface area contributed by atoms with Gasteiger partial charge in [0.25, 0.3) is 0 Å². The topological polar surface area (TPSA) is 15.3 Å². The highest BCUT2D eigenvalue weighted by molar-refractivity contribution is 9.10. The van der Waals surface area contributed by atoms with E-state index < -0.39 is 0 Å². The Morgan fingerprint density at radius 1 is 1.24 bits per heavy atom. The Labute approximate surface area is 137 Å². The van der Waals surface area contributed by atoms with E-state index in [1.165, 1.54) is 48.1 Å². The van der Waals surface area contributed by atoms with E-state index in [0.29, 0.717) is 5.41 Å². The molecular formula is C18H27BrN2. The number of nitrogens with one attached hydrogen (secondary N) is 1. The summed E-state index contributed by atoms with van der Waals surface area (Å²) >= 11 is 3.78. The summed E-state index contributed by atoms with van der Waals surface area (Å²) in [4.78, 5) is 2.54. The molecule has 21 heavy (non-hydrogen) atoms. The molecule has 1 atom stereocenters. The lowest BCUT2D eigenvalue weighted by molar-refractivity contribution is 0.263. The van der Waals surface area contributed by atoms with E-state index >= 15 is 0 Å². The summed E-state index contributed by atoms with van der Waals surface area (Å²) in [6.07, 6.45) is 4.00. The van der Waals surface area contributed by atoms with Crippen molar-refractivity contribution in [2.24, 2.45) is 11.3 Å². The van der Waals surface area contributed by atoms with Crippen molar-refractivity contribution < 1.29 is 0 Å². The lowest BCUT2D eigenvalue weighted by Crippen LogP contribution is -2.26. The lowest BCUT2D eigenvalue weighted by atomic mass is 9.80. The Morgan fingerprint density at radius 2 is 2.00 bits per heavy atom. The van der Waals surface area contributed by atoms with Crippen molar-refractivity contribution in [3.63, 3.8) is 0 Å². The van der Waals surface area contributed by atoms with Gasteiger partial charge in [-0.25, -0.2) is 0 Å². The van der Waals surface area contributed by atoms with Crippen molar-refractivity contribution in [3.05, 3.63) is 28.2 Å². The van der Waals surface area contributed by atoms with E-state index in [0.717, 1.165) is 18.5 Å². The predicted molar refractivity (Wildman–Crippen MR) is 93.8 cm³/mol. The molecular weight excluding hydrogens is 324 g/mol. The monoisotopic (exact) mass is 350 g/mol. The molecule has 2 fully saturated rings. The van der Waals surface area contributed by atoms with Crippen LogP contribution in [0.4, 0.5) is 5.69 Å². The molecule has 1 saturated heterocycles. The number of benzene rings is 1. The molecule has 3 heteroatoms. The van der Waals surface area contributed by atoms with Crippen LogP contribution in [0.3, 0.4) is 0 Å². The van der Waals surface area contributed by atoms with Gasteiger partial charge in [0.05, 0.1) is 5.69 Å². The van der Waals surface area contributed by atoms with Crippen LogP contribution in [-0.2, 0) is 6.54 Å². The Bertz CT molecular complexity index is 502. The van der Waals surface area contributed by atoms with Crippen LogP contribution in [-0.4, -0.2) is 19.1 Å². The Hall–Kier alpha value is -0.540. The van der Waals surface area contributed by atoms with Crippen molar-refractivity contribution in [2.75, 3.05) is 18.0 Å². The van der Waals surface area contributed by atoms with Gasteiger partial charge in [0.15, 0.2) is 0 Å². The van der Waals surface area contributed by atoms with Crippen molar-refractivity contribution in [2.45, 2.75) is 52.6 Å². The molecule has 1 aliphatic heterocycles. The molecule has 116 valence electrons. The van der Waals surface area contributed by atoms with Crippen molar-refractivity contribution in [3.8, 4) is 0 Å². The summed E-state index contributed by atoms with van der Waals surface area (Å²) < 4.78 is 1.24. The molecule has 0 bridgehead atoms. The van der Waals surface area contributed by atoms with E-state index in [4.69, 9.17) is 0 Å². The van der Waals surface area contributed by atoms with Gasteiger partial charge >= 0.3 is 0 Å². The van der Waals surface area contributed by atoms with Crippen molar-refractivity contribution in [1.29, 1.82) is 0 Å². The maximum atomic E-state index is 3.78. The third-order valence-electron chi connectivity index (χ3n) is 4.94. The number of rotatable bonds is 4. The maximum Gasteiger partial charge on any atom is 0.0510 e. The van der Waals surface area contributed by atoms with Gasteiger partial charge in [-0.1, -0.05) is 26.8 Å². The van der Waals surface area contributed by atoms with Gasteiger partial charge in [0.2, 0.25) is 0 Å². The van der Waals surface area contributed by atoms with Gasteiger partial charge in [-0.3, -0.25) is 0 Å². The summed E-state index contributed by atoms with van der Waals surface area (Å²) in [5.74, 6) is 0.792. The highest BCUT2D eigenvalue weighted by Gasteiger charge is 2.32. The van der Waals surface area contributed by atoms with Crippen molar-refractivity contribution in [1.82, 2.24) is 5.32 Å². The van der Waals surface area contributed by atoms with Gasteiger partial charge in [-0.05, 0) is 64.2 Å². The quantitative estimate of drug-likeness (QED) is 0.855. The zero-order valence-corrected chi connectivity index (χ0v) is 15.0. The molecule has 0 aromatic heterocycles. The molecule has 1 saturated carbocycles. The van der Waals surface area contributed by atoms with Gasteiger partial charge in [0.1, 0.15) is 0 Å². The first-order valence-corrected chi connectivity index (χ1v) is 8.99. The first-order valence-electron chi connectivity index (χ1n) is 8.20. The molecule has 0 amide bonds. The van der Waals surface area contributed by atoms with Gasteiger partial charge in [-0.15, -0.1) is 0 Å². The zero-order valence-electron chi connectivity index (χ0n) is 13.5. The molecule has 0 radical (unpaired) electrons. The number of hydrogen-bond donors (Lipinski definition) is 1. The first-order chi connectivity index (χ1) is 9.93. The zero-order chi connectivity index (χ0) is 15.0. The second-order valence-corrected chi connectivity index (χ2v) is 8.59. The maximum absolute atomic E-state index is 3.78. The molecule has 2 nitrogen and oxygen atoms in total. The Morgan fingerprint density at radius 3 is 2.57 bits per heavy atom. The third-order valence-corrected chi connectivity index (χ3v) is 5.57. The average molecular weight is 351 g/mol. The van der Waals surface area contributed by atoms with E-state index in [1.807, 2.05) is 0 Å². The Kier molecular flexibility index (Phi) is 4.33. The van der Waals surface area contributed by atoms with Crippen LogP contribution in [0.15, 0.2) is 22.7 Å². The minimum absolute atomic E-state index is 0.412. The molecule has 1 aliphatic carbocycles. The number of halogens is 1. The summed E-state index contributed by atoms with van der Waals surface area (Å²) in [5, 5.41) is 3.58. The summed E-state index contributed by atoms with van der Waals surface area (Å²) in [7, 11) is 0. The highest BCUT2D eigenvalue weighted by atomic mass is 79.9. The molecule has 3 rings (SSSR count). The summed E-state index contributed by atoms with van der Waals surface area (Å²) in [6.45, 7) is 10.4. The Balaban J connectivity index is 1.65. The minimum atomic E-state index is 0.412. The largest absolute Gasteiger partial charge is 0.370 e. The third kappa shape index (κ3) is 3.81. The molecule has 1 heterocycles. The van der Waals surface area contributed by atoms with Crippen LogP contribution in [0.2, 0.25) is 0 Å². The molecule has 0 spiro atoms. The van der Waals surface area contributed by atoms with Crippen LogP contribution < -0.4 is 10.2 Å². The second kappa shape index (κ2) is 5.92. The minimum Gasteiger partial charge on any atom is -0.370 e. The number of nitrogens with zero attached hydrogens (tertiary/aromatic N) is 1. The van der Waals surface area contributed by atoms with Crippen LogP contribution >= 0.6 is 15.9 Å². The van der Waals surface area contributed by atoms with Gasteiger partial charge in [0, 0.05) is 30.1 Å². The molecule has 1 aromatic rings. The van der Waals surface area contributed by atoms with Crippen LogP contribution in [0.25, 0.3) is 0 Å². The SMILES string of the molecule is CC(C)(C)C1CCN(c2ccc(CNC3CC3)cc2Br)C1. The van der Waals surface area contributed by atoms with Crippen molar-refractivity contribution >= 4 is 21.6 Å². The fourth-order valence-corrected chi connectivity index (χ4v) is 3.83. The van der Waals surface area contributed by atoms with E-state index in [1.54, 1.807) is 0 Å². The standard InChI is InChI=1S/C18H27BrN2/c1-18(2,3)14-8-9-21(12-14)17-7-4-13(10-16(17)19)11-20-15-5-6-15/h4,7,10,14-15,20H,5-6,8-9,11-12H2,1-3H3. The highest BCUT2D eigenvalue weighted by Crippen LogP contribution is 2.38. The summed E-state index contributed by atoms with van der Waals surface area (Å²) in [5.41, 5.74) is 3.15. The lowest BCUT2D eigenvalue weighted by Gasteiger charge is -2.28.